The Morgan fingerprint density at radius 3 is 2.50 bits per heavy atom. The summed E-state index contributed by atoms with van der Waals surface area (Å²) in [4.78, 5) is 22.8. The van der Waals surface area contributed by atoms with Gasteiger partial charge in [0.05, 0.1) is 14.2 Å². The molecular formula is C12H15NO5. The number of amides is 1. The average Bonchev–Trinajstić information content (AvgIpc) is 2.42. The molecule has 0 saturated heterocycles. The normalized spacial score (nSPS) is 9.50. The Bertz CT molecular complexity index is 444. The molecule has 0 aliphatic heterocycles. The van der Waals surface area contributed by atoms with Crippen molar-refractivity contribution in [2.75, 3.05) is 27.9 Å². The molecule has 0 atom stereocenters. The number of hydrogen-bond donors (Lipinski definition) is 1. The Balaban J connectivity index is 2.88. The van der Waals surface area contributed by atoms with Crippen LogP contribution in [0.3, 0.4) is 0 Å². The highest BCUT2D eigenvalue weighted by Gasteiger charge is 2.18. The molecule has 0 aromatic heterocycles. The molecule has 0 fully saturated rings. The molecule has 1 rings (SSSR count). The largest absolute Gasteiger partial charge is 0.493 e. The summed E-state index contributed by atoms with van der Waals surface area (Å²) < 4.78 is 15.0. The third-order valence-corrected chi connectivity index (χ3v) is 2.24. The lowest BCUT2D eigenvalue weighted by Crippen LogP contribution is -2.25. The third-order valence-electron chi connectivity index (χ3n) is 2.24. The summed E-state index contributed by atoms with van der Waals surface area (Å²) in [5, 5.41) is 2.35. The van der Waals surface area contributed by atoms with Crippen molar-refractivity contribution in [3.63, 3.8) is 0 Å². The van der Waals surface area contributed by atoms with Gasteiger partial charge in [0, 0.05) is 7.05 Å². The van der Waals surface area contributed by atoms with Gasteiger partial charge >= 0.3 is 5.97 Å². The molecule has 98 valence electrons. The van der Waals surface area contributed by atoms with E-state index in [2.05, 4.69) is 5.32 Å². The van der Waals surface area contributed by atoms with Gasteiger partial charge < -0.3 is 19.5 Å². The molecule has 0 heterocycles. The first-order chi connectivity index (χ1) is 8.63. The van der Waals surface area contributed by atoms with E-state index in [4.69, 9.17) is 14.2 Å². The van der Waals surface area contributed by atoms with Gasteiger partial charge in [0.25, 0.3) is 5.91 Å². The van der Waals surface area contributed by atoms with Gasteiger partial charge in [-0.15, -0.1) is 0 Å². The molecule has 1 N–H and O–H groups in total. The second kappa shape index (κ2) is 6.48. The number of likely N-dealkylation sites (N-methyl/N-ethyl adjacent to an activating group) is 1. The van der Waals surface area contributed by atoms with Crippen LogP contribution in [0.15, 0.2) is 18.2 Å². The fourth-order valence-electron chi connectivity index (χ4n) is 1.33. The summed E-state index contributed by atoms with van der Waals surface area (Å²) in [5.41, 5.74) is 0.209. The second-order valence-electron chi connectivity index (χ2n) is 3.29. The number of nitrogens with one attached hydrogen (secondary N) is 1. The maximum Gasteiger partial charge on any atom is 0.342 e. The van der Waals surface area contributed by atoms with Gasteiger partial charge in [-0.3, -0.25) is 4.79 Å². The molecule has 0 spiro atoms. The van der Waals surface area contributed by atoms with Crippen LogP contribution in [0, 0.1) is 0 Å². The van der Waals surface area contributed by atoms with Crippen molar-refractivity contribution in [1.82, 2.24) is 5.32 Å². The first-order valence-electron chi connectivity index (χ1n) is 5.22. The van der Waals surface area contributed by atoms with Crippen LogP contribution in [0.2, 0.25) is 0 Å². The van der Waals surface area contributed by atoms with Gasteiger partial charge in [-0.05, 0) is 12.1 Å². The van der Waals surface area contributed by atoms with Gasteiger partial charge in [0.1, 0.15) is 5.56 Å². The van der Waals surface area contributed by atoms with Crippen LogP contribution in [-0.4, -0.2) is 39.8 Å². The van der Waals surface area contributed by atoms with E-state index in [-0.39, 0.29) is 23.8 Å². The van der Waals surface area contributed by atoms with E-state index in [1.807, 2.05) is 0 Å². The molecule has 0 saturated carbocycles. The fourth-order valence-corrected chi connectivity index (χ4v) is 1.33. The van der Waals surface area contributed by atoms with Crippen molar-refractivity contribution < 1.29 is 23.8 Å². The number of hydrogen-bond acceptors (Lipinski definition) is 5. The molecule has 0 unspecified atom stereocenters. The van der Waals surface area contributed by atoms with E-state index >= 15 is 0 Å². The Morgan fingerprint density at radius 1 is 1.22 bits per heavy atom. The lowest BCUT2D eigenvalue weighted by Gasteiger charge is -2.11. The fraction of sp³-hybridized carbons (Fsp3) is 0.333. The Morgan fingerprint density at radius 2 is 1.94 bits per heavy atom. The maximum atomic E-state index is 11.8. The minimum Gasteiger partial charge on any atom is -0.493 e. The summed E-state index contributed by atoms with van der Waals surface area (Å²) in [6, 6.07) is 4.83. The second-order valence-corrected chi connectivity index (χ2v) is 3.29. The van der Waals surface area contributed by atoms with Gasteiger partial charge in [-0.2, -0.15) is 0 Å². The molecule has 0 aliphatic carbocycles. The van der Waals surface area contributed by atoms with Crippen molar-refractivity contribution in [2.24, 2.45) is 0 Å². The molecule has 6 heteroatoms. The molecule has 1 aromatic carbocycles. The molecule has 18 heavy (non-hydrogen) atoms. The molecule has 1 amide bonds. The minimum atomic E-state index is -0.644. The lowest BCUT2D eigenvalue weighted by molar-refractivity contribution is -0.123. The van der Waals surface area contributed by atoms with Crippen molar-refractivity contribution in [1.29, 1.82) is 0 Å². The van der Waals surface area contributed by atoms with Crippen molar-refractivity contribution in [3.05, 3.63) is 23.8 Å². The molecule has 0 bridgehead atoms. The van der Waals surface area contributed by atoms with Gasteiger partial charge in [0.15, 0.2) is 18.1 Å². The minimum absolute atomic E-state index is 0.209. The lowest BCUT2D eigenvalue weighted by atomic mass is 10.2. The highest BCUT2D eigenvalue weighted by atomic mass is 16.5. The zero-order chi connectivity index (χ0) is 13.5. The average molecular weight is 253 g/mol. The van der Waals surface area contributed by atoms with Crippen LogP contribution in [-0.2, 0) is 9.53 Å². The summed E-state index contributed by atoms with van der Waals surface area (Å²) in [6.07, 6.45) is 0. The van der Waals surface area contributed by atoms with Crippen LogP contribution in [0.1, 0.15) is 10.4 Å². The van der Waals surface area contributed by atoms with Crippen molar-refractivity contribution in [2.45, 2.75) is 0 Å². The van der Waals surface area contributed by atoms with Crippen molar-refractivity contribution in [3.8, 4) is 11.5 Å². The third kappa shape index (κ3) is 3.13. The summed E-state index contributed by atoms with van der Waals surface area (Å²) in [5.74, 6) is -0.326. The van der Waals surface area contributed by atoms with Crippen LogP contribution >= 0.6 is 0 Å². The Kier molecular flexibility index (Phi) is 4.98. The van der Waals surface area contributed by atoms with Crippen LogP contribution in [0.25, 0.3) is 0 Å². The first kappa shape index (κ1) is 13.8. The van der Waals surface area contributed by atoms with E-state index in [0.717, 1.165) is 0 Å². The summed E-state index contributed by atoms with van der Waals surface area (Å²) in [6.45, 7) is -0.338. The van der Waals surface area contributed by atoms with Gasteiger partial charge in [0.2, 0.25) is 0 Å². The highest BCUT2D eigenvalue weighted by molar-refractivity contribution is 5.94. The summed E-state index contributed by atoms with van der Waals surface area (Å²) in [7, 11) is 4.35. The highest BCUT2D eigenvalue weighted by Crippen LogP contribution is 2.30. The first-order valence-corrected chi connectivity index (χ1v) is 5.22. The number of carbonyl (C=O) groups is 2. The summed E-state index contributed by atoms with van der Waals surface area (Å²) >= 11 is 0. The number of carbonyl (C=O) groups excluding carboxylic acids is 2. The topological polar surface area (TPSA) is 73.9 Å². The van der Waals surface area contributed by atoms with Crippen LogP contribution in [0.5, 0.6) is 11.5 Å². The molecule has 6 nitrogen and oxygen atoms in total. The maximum absolute atomic E-state index is 11.8. The van der Waals surface area contributed by atoms with E-state index in [9.17, 15) is 9.59 Å². The monoisotopic (exact) mass is 253 g/mol. The Hall–Kier alpha value is -2.24. The SMILES string of the molecule is CNC(=O)COC(=O)c1cccc(OC)c1OC. The van der Waals surface area contributed by atoms with E-state index in [1.165, 1.54) is 27.3 Å². The number of benzene rings is 1. The smallest absolute Gasteiger partial charge is 0.342 e. The number of esters is 1. The molecular weight excluding hydrogens is 238 g/mol. The van der Waals surface area contributed by atoms with E-state index in [1.54, 1.807) is 12.1 Å². The van der Waals surface area contributed by atoms with E-state index < -0.39 is 5.97 Å². The predicted molar refractivity (Wildman–Crippen MR) is 63.9 cm³/mol. The van der Waals surface area contributed by atoms with Gasteiger partial charge in [-0.25, -0.2) is 4.79 Å². The quantitative estimate of drug-likeness (QED) is 0.778. The number of ether oxygens (including phenoxy) is 3. The Labute approximate surface area is 105 Å². The van der Waals surface area contributed by atoms with E-state index in [0.29, 0.717) is 5.75 Å². The number of rotatable bonds is 5. The molecule has 0 aliphatic rings. The van der Waals surface area contributed by atoms with Crippen LogP contribution in [0.4, 0.5) is 0 Å². The standard InChI is InChI=1S/C12H15NO5/c1-13-10(14)7-18-12(15)8-5-4-6-9(16-2)11(8)17-3/h4-6H,7H2,1-3H3,(H,13,14). The zero-order valence-electron chi connectivity index (χ0n) is 10.5. The molecule has 1 aromatic rings. The van der Waals surface area contributed by atoms with Crippen molar-refractivity contribution >= 4 is 11.9 Å². The predicted octanol–water partition coefficient (Wildman–Crippen LogP) is 0.607. The number of methoxy groups -OCH3 is 2. The van der Waals surface area contributed by atoms with Gasteiger partial charge in [-0.1, -0.05) is 6.07 Å². The van der Waals surface area contributed by atoms with Crippen LogP contribution < -0.4 is 14.8 Å². The number of para-hydroxylation sites is 1. The zero-order valence-corrected chi connectivity index (χ0v) is 10.5. The molecule has 0 radical (unpaired) electrons.